The lowest BCUT2D eigenvalue weighted by Gasteiger charge is -2.25. The maximum Gasteiger partial charge on any atom is 0.227 e. The van der Waals surface area contributed by atoms with Gasteiger partial charge in [-0.25, -0.2) is 0 Å². The van der Waals surface area contributed by atoms with Crippen molar-refractivity contribution >= 4 is 5.78 Å². The van der Waals surface area contributed by atoms with Gasteiger partial charge in [0.05, 0.1) is 5.69 Å². The van der Waals surface area contributed by atoms with Crippen molar-refractivity contribution in [2.75, 3.05) is 13.1 Å². The van der Waals surface area contributed by atoms with E-state index in [1.807, 2.05) is 25.3 Å². The van der Waals surface area contributed by atoms with Crippen LogP contribution in [0.4, 0.5) is 0 Å². The lowest BCUT2D eigenvalue weighted by Crippen LogP contribution is -2.30. The van der Waals surface area contributed by atoms with Crippen molar-refractivity contribution in [2.24, 2.45) is 0 Å². The average Bonchev–Trinajstić information content (AvgIpc) is 3.16. The summed E-state index contributed by atoms with van der Waals surface area (Å²) in [5.74, 6) is 0.0629. The van der Waals surface area contributed by atoms with Crippen LogP contribution >= 0.6 is 0 Å². The molecule has 1 fully saturated rings. The van der Waals surface area contributed by atoms with Gasteiger partial charge in [-0.05, 0) is 51.1 Å². The van der Waals surface area contributed by atoms with Gasteiger partial charge in [0.1, 0.15) is 5.69 Å². The van der Waals surface area contributed by atoms with Gasteiger partial charge in [-0.3, -0.25) is 9.48 Å². The monoisotopic (exact) mass is 272 g/mol. The molecule has 0 amide bonds. The van der Waals surface area contributed by atoms with Gasteiger partial charge >= 0.3 is 0 Å². The van der Waals surface area contributed by atoms with E-state index in [4.69, 9.17) is 0 Å². The van der Waals surface area contributed by atoms with Gasteiger partial charge in [0.25, 0.3) is 0 Å². The Bertz CT molecular complexity index is 593. The summed E-state index contributed by atoms with van der Waals surface area (Å²) in [6, 6.07) is 6.09. The fraction of sp³-hybridized carbons (Fsp3) is 0.467. The Morgan fingerprint density at radius 3 is 2.90 bits per heavy atom. The molecule has 2 aromatic heterocycles. The standard InChI is InChI=1S/C15H20N4O/c1-2-19-14(7-10-17-19)15(20)13-4-3-11-18(13)12-5-8-16-9-6-12/h3-4,7,10-12,16H,2,5-6,8-9H2,1H3. The lowest BCUT2D eigenvalue weighted by molar-refractivity contribution is 0.101. The third-order valence-corrected chi connectivity index (χ3v) is 3.96. The Balaban J connectivity index is 1.91. The van der Waals surface area contributed by atoms with E-state index in [0.717, 1.165) is 31.6 Å². The number of carbonyl (C=O) groups is 1. The zero-order valence-electron chi connectivity index (χ0n) is 11.7. The molecule has 2 aromatic rings. The van der Waals surface area contributed by atoms with Crippen LogP contribution in [-0.2, 0) is 6.54 Å². The van der Waals surface area contributed by atoms with Crippen LogP contribution in [0.25, 0.3) is 0 Å². The number of aryl methyl sites for hydroxylation is 1. The quantitative estimate of drug-likeness (QED) is 0.864. The maximum atomic E-state index is 12.7. The Morgan fingerprint density at radius 1 is 1.35 bits per heavy atom. The van der Waals surface area contributed by atoms with Crippen LogP contribution in [0.15, 0.2) is 30.6 Å². The van der Waals surface area contributed by atoms with Crippen molar-refractivity contribution in [3.63, 3.8) is 0 Å². The Hall–Kier alpha value is -1.88. The van der Waals surface area contributed by atoms with Crippen molar-refractivity contribution in [1.82, 2.24) is 19.7 Å². The minimum atomic E-state index is 0.0629. The van der Waals surface area contributed by atoms with Crippen LogP contribution in [-0.4, -0.2) is 33.2 Å². The molecule has 0 radical (unpaired) electrons. The number of piperidine rings is 1. The fourth-order valence-electron chi connectivity index (χ4n) is 2.90. The molecule has 5 heteroatoms. The van der Waals surface area contributed by atoms with E-state index in [0.29, 0.717) is 18.3 Å². The second kappa shape index (κ2) is 5.63. The second-order valence-electron chi connectivity index (χ2n) is 5.14. The van der Waals surface area contributed by atoms with Crippen LogP contribution in [0.1, 0.15) is 42.0 Å². The van der Waals surface area contributed by atoms with E-state index >= 15 is 0 Å². The van der Waals surface area contributed by atoms with Gasteiger partial charge in [-0.15, -0.1) is 0 Å². The topological polar surface area (TPSA) is 51.9 Å². The number of nitrogens with one attached hydrogen (secondary N) is 1. The number of ketones is 1. The number of hydrogen-bond acceptors (Lipinski definition) is 3. The van der Waals surface area contributed by atoms with E-state index < -0.39 is 0 Å². The highest BCUT2D eigenvalue weighted by Crippen LogP contribution is 2.22. The van der Waals surface area contributed by atoms with E-state index in [9.17, 15) is 4.79 Å². The second-order valence-corrected chi connectivity index (χ2v) is 5.14. The maximum absolute atomic E-state index is 12.7. The molecule has 0 spiro atoms. The molecule has 3 heterocycles. The van der Waals surface area contributed by atoms with Crippen molar-refractivity contribution in [3.8, 4) is 0 Å². The molecule has 1 saturated heterocycles. The molecular formula is C15H20N4O. The molecule has 0 bridgehead atoms. The first-order valence-corrected chi connectivity index (χ1v) is 7.25. The van der Waals surface area contributed by atoms with Crippen LogP contribution in [0.3, 0.4) is 0 Å². The minimum absolute atomic E-state index is 0.0629. The highest BCUT2D eigenvalue weighted by Gasteiger charge is 2.22. The van der Waals surface area contributed by atoms with Gasteiger partial charge in [0.2, 0.25) is 5.78 Å². The summed E-state index contributed by atoms with van der Waals surface area (Å²) in [7, 11) is 0. The zero-order valence-corrected chi connectivity index (χ0v) is 11.7. The average molecular weight is 272 g/mol. The molecule has 0 saturated carbocycles. The highest BCUT2D eigenvalue weighted by molar-refractivity contribution is 6.06. The smallest absolute Gasteiger partial charge is 0.227 e. The number of carbonyl (C=O) groups excluding carboxylic acids is 1. The molecule has 5 nitrogen and oxygen atoms in total. The van der Waals surface area contributed by atoms with Crippen molar-refractivity contribution < 1.29 is 4.79 Å². The number of rotatable bonds is 4. The normalized spacial score (nSPS) is 16.4. The summed E-state index contributed by atoms with van der Waals surface area (Å²) in [6.07, 6.45) is 5.86. The van der Waals surface area contributed by atoms with Crippen LogP contribution in [0.5, 0.6) is 0 Å². The predicted octanol–water partition coefficient (Wildman–Crippen LogP) is 1.86. The molecule has 1 N–H and O–H groups in total. The first-order valence-electron chi connectivity index (χ1n) is 7.25. The van der Waals surface area contributed by atoms with Crippen molar-refractivity contribution in [3.05, 3.63) is 42.0 Å². The third-order valence-electron chi connectivity index (χ3n) is 3.96. The van der Waals surface area contributed by atoms with E-state index in [-0.39, 0.29) is 5.78 Å². The molecule has 0 atom stereocenters. The van der Waals surface area contributed by atoms with Crippen LogP contribution in [0, 0.1) is 0 Å². The molecular weight excluding hydrogens is 252 g/mol. The molecule has 0 unspecified atom stereocenters. The van der Waals surface area contributed by atoms with Crippen molar-refractivity contribution in [2.45, 2.75) is 32.4 Å². The molecule has 0 aliphatic carbocycles. The van der Waals surface area contributed by atoms with E-state index in [2.05, 4.69) is 15.0 Å². The van der Waals surface area contributed by atoms with E-state index in [1.165, 1.54) is 0 Å². The first kappa shape index (κ1) is 13.1. The van der Waals surface area contributed by atoms with Crippen LogP contribution in [0.2, 0.25) is 0 Å². The summed E-state index contributed by atoms with van der Waals surface area (Å²) in [4.78, 5) is 12.7. The molecule has 20 heavy (non-hydrogen) atoms. The number of nitrogens with zero attached hydrogens (tertiary/aromatic N) is 3. The highest BCUT2D eigenvalue weighted by atomic mass is 16.1. The fourth-order valence-corrected chi connectivity index (χ4v) is 2.90. The van der Waals surface area contributed by atoms with Gasteiger partial charge in [0.15, 0.2) is 0 Å². The van der Waals surface area contributed by atoms with Gasteiger partial charge < -0.3 is 9.88 Å². The summed E-state index contributed by atoms with van der Waals surface area (Å²) >= 11 is 0. The summed E-state index contributed by atoms with van der Waals surface area (Å²) in [5.41, 5.74) is 1.44. The number of aromatic nitrogens is 3. The minimum Gasteiger partial charge on any atom is -0.342 e. The molecule has 1 aliphatic heterocycles. The number of hydrogen-bond donors (Lipinski definition) is 1. The van der Waals surface area contributed by atoms with Gasteiger partial charge in [0, 0.05) is 25.0 Å². The molecule has 1 aliphatic rings. The third kappa shape index (κ3) is 2.29. The van der Waals surface area contributed by atoms with Crippen LogP contribution < -0.4 is 5.32 Å². The largest absolute Gasteiger partial charge is 0.342 e. The van der Waals surface area contributed by atoms with E-state index in [1.54, 1.807) is 16.9 Å². The predicted molar refractivity (Wildman–Crippen MR) is 76.9 cm³/mol. The Morgan fingerprint density at radius 2 is 2.15 bits per heavy atom. The molecule has 3 rings (SSSR count). The summed E-state index contributed by atoms with van der Waals surface area (Å²) in [5, 5.41) is 7.54. The lowest BCUT2D eigenvalue weighted by atomic mass is 10.1. The Labute approximate surface area is 118 Å². The Kier molecular flexibility index (Phi) is 3.69. The molecule has 0 aromatic carbocycles. The van der Waals surface area contributed by atoms with Crippen molar-refractivity contribution in [1.29, 1.82) is 0 Å². The zero-order chi connectivity index (χ0) is 13.9. The SMILES string of the molecule is CCn1nccc1C(=O)c1cccn1C1CCNCC1. The first-order chi connectivity index (χ1) is 9.81. The molecule has 106 valence electrons. The summed E-state index contributed by atoms with van der Waals surface area (Å²) < 4.78 is 3.89. The van der Waals surface area contributed by atoms with Gasteiger partial charge in [-0.2, -0.15) is 5.10 Å². The summed E-state index contributed by atoms with van der Waals surface area (Å²) in [6.45, 7) is 4.74. The van der Waals surface area contributed by atoms with Gasteiger partial charge in [-0.1, -0.05) is 0 Å².